The maximum Gasteiger partial charge on any atom is 0.306 e. The Morgan fingerprint density at radius 1 is 1.26 bits per heavy atom. The number of amides is 1. The molecule has 1 aromatic rings. The molecular weight excluding hydrogens is 244 g/mol. The van der Waals surface area contributed by atoms with E-state index in [2.05, 4.69) is 5.32 Å². The molecule has 5 nitrogen and oxygen atoms in total. The monoisotopic (exact) mass is 258 g/mol. The minimum atomic E-state index is -0.796. The van der Waals surface area contributed by atoms with Crippen LogP contribution in [0.4, 0.5) is 0 Å². The minimum Gasteiger partial charge on any atom is -0.481 e. The van der Waals surface area contributed by atoms with E-state index >= 15 is 0 Å². The summed E-state index contributed by atoms with van der Waals surface area (Å²) < 4.78 is 0. The Morgan fingerprint density at radius 3 is 2.47 bits per heavy atom. The third-order valence-corrected chi connectivity index (χ3v) is 3.39. The first-order valence-electron chi connectivity index (χ1n) is 6.14. The SMILES string of the molecule is N#Cc1ccc(C(=O)N[C@H]2CC[C@@H](C(=O)O)C2)cc1. The number of aliphatic carboxylic acids is 1. The number of benzene rings is 1. The summed E-state index contributed by atoms with van der Waals surface area (Å²) in [5.74, 6) is -1.37. The fourth-order valence-electron chi connectivity index (χ4n) is 2.30. The van der Waals surface area contributed by atoms with Crippen LogP contribution in [-0.4, -0.2) is 23.0 Å². The second-order valence-electron chi connectivity index (χ2n) is 4.71. The van der Waals surface area contributed by atoms with Crippen LogP contribution >= 0.6 is 0 Å². The first-order chi connectivity index (χ1) is 9.10. The quantitative estimate of drug-likeness (QED) is 0.860. The van der Waals surface area contributed by atoms with Crippen molar-refractivity contribution < 1.29 is 14.7 Å². The molecule has 5 heteroatoms. The molecule has 1 amide bonds. The highest BCUT2D eigenvalue weighted by Crippen LogP contribution is 2.25. The summed E-state index contributed by atoms with van der Waals surface area (Å²) in [4.78, 5) is 22.8. The predicted molar refractivity (Wildman–Crippen MR) is 67.4 cm³/mol. The molecule has 98 valence electrons. The molecule has 0 bridgehead atoms. The Morgan fingerprint density at radius 2 is 1.95 bits per heavy atom. The molecule has 0 unspecified atom stereocenters. The molecule has 0 spiro atoms. The largest absolute Gasteiger partial charge is 0.481 e. The third-order valence-electron chi connectivity index (χ3n) is 3.39. The van der Waals surface area contributed by atoms with Crippen molar-refractivity contribution in [2.24, 2.45) is 5.92 Å². The molecule has 2 N–H and O–H groups in total. The van der Waals surface area contributed by atoms with E-state index < -0.39 is 5.97 Å². The molecular formula is C14H14N2O3. The fourth-order valence-corrected chi connectivity index (χ4v) is 2.30. The predicted octanol–water partition coefficient (Wildman–Crippen LogP) is 1.54. The number of carbonyl (C=O) groups is 2. The summed E-state index contributed by atoms with van der Waals surface area (Å²) in [5.41, 5.74) is 0.987. The van der Waals surface area contributed by atoms with Gasteiger partial charge in [-0.05, 0) is 43.5 Å². The molecule has 1 saturated carbocycles. The molecule has 0 aromatic heterocycles. The normalized spacial score (nSPS) is 21.6. The number of nitrogens with zero attached hydrogens (tertiary/aromatic N) is 1. The van der Waals surface area contributed by atoms with Gasteiger partial charge in [-0.15, -0.1) is 0 Å². The summed E-state index contributed by atoms with van der Waals surface area (Å²) in [6, 6.07) is 8.27. The Hall–Kier alpha value is -2.35. The summed E-state index contributed by atoms with van der Waals surface area (Å²) in [7, 11) is 0. The molecule has 0 radical (unpaired) electrons. The number of hydrogen-bond acceptors (Lipinski definition) is 3. The van der Waals surface area contributed by atoms with E-state index in [4.69, 9.17) is 10.4 Å². The van der Waals surface area contributed by atoms with E-state index in [1.807, 2.05) is 6.07 Å². The number of nitrogens with one attached hydrogen (secondary N) is 1. The lowest BCUT2D eigenvalue weighted by molar-refractivity contribution is -0.141. The first-order valence-corrected chi connectivity index (χ1v) is 6.14. The van der Waals surface area contributed by atoms with Crippen molar-refractivity contribution in [1.29, 1.82) is 5.26 Å². The van der Waals surface area contributed by atoms with E-state index in [-0.39, 0.29) is 17.9 Å². The zero-order chi connectivity index (χ0) is 13.8. The van der Waals surface area contributed by atoms with Gasteiger partial charge in [0.25, 0.3) is 5.91 Å². The third kappa shape index (κ3) is 3.10. The molecule has 0 aliphatic heterocycles. The van der Waals surface area contributed by atoms with Crippen LogP contribution in [-0.2, 0) is 4.79 Å². The molecule has 2 rings (SSSR count). The number of carboxylic acid groups (broad SMARTS) is 1. The number of carbonyl (C=O) groups excluding carboxylic acids is 1. The van der Waals surface area contributed by atoms with E-state index in [1.165, 1.54) is 0 Å². The molecule has 1 aliphatic rings. The molecule has 19 heavy (non-hydrogen) atoms. The summed E-state index contributed by atoms with van der Waals surface area (Å²) in [5, 5.41) is 20.4. The van der Waals surface area contributed by atoms with Gasteiger partial charge in [0.05, 0.1) is 17.6 Å². The summed E-state index contributed by atoms with van der Waals surface area (Å²) in [6.07, 6.45) is 1.78. The Bertz CT molecular complexity index is 531. The van der Waals surface area contributed by atoms with Gasteiger partial charge in [-0.1, -0.05) is 0 Å². The Kier molecular flexibility index (Phi) is 3.81. The van der Waals surface area contributed by atoms with Crippen LogP contribution in [0.15, 0.2) is 24.3 Å². The van der Waals surface area contributed by atoms with E-state index in [0.717, 1.165) is 0 Å². The van der Waals surface area contributed by atoms with Crippen molar-refractivity contribution in [1.82, 2.24) is 5.32 Å². The van der Waals surface area contributed by atoms with E-state index in [0.29, 0.717) is 30.4 Å². The first kappa shape index (κ1) is 13.1. The second-order valence-corrected chi connectivity index (χ2v) is 4.71. The van der Waals surface area contributed by atoms with Crippen molar-refractivity contribution in [2.75, 3.05) is 0 Å². The molecule has 1 aromatic carbocycles. The zero-order valence-corrected chi connectivity index (χ0v) is 10.3. The van der Waals surface area contributed by atoms with Gasteiger partial charge in [-0.2, -0.15) is 5.26 Å². The van der Waals surface area contributed by atoms with Gasteiger partial charge >= 0.3 is 5.97 Å². The van der Waals surface area contributed by atoms with Crippen LogP contribution in [0.3, 0.4) is 0 Å². The van der Waals surface area contributed by atoms with Crippen LogP contribution < -0.4 is 5.32 Å². The highest BCUT2D eigenvalue weighted by atomic mass is 16.4. The lowest BCUT2D eigenvalue weighted by atomic mass is 10.1. The number of hydrogen-bond donors (Lipinski definition) is 2. The van der Waals surface area contributed by atoms with Gasteiger partial charge < -0.3 is 10.4 Å². The highest BCUT2D eigenvalue weighted by Gasteiger charge is 2.30. The van der Waals surface area contributed by atoms with Gasteiger partial charge in [-0.3, -0.25) is 9.59 Å². The highest BCUT2D eigenvalue weighted by molar-refractivity contribution is 5.94. The molecule has 0 heterocycles. The number of carboxylic acids is 1. The van der Waals surface area contributed by atoms with Crippen LogP contribution in [0.5, 0.6) is 0 Å². The van der Waals surface area contributed by atoms with Crippen molar-refractivity contribution in [3.05, 3.63) is 35.4 Å². The number of nitriles is 1. The molecule has 1 fully saturated rings. The minimum absolute atomic E-state index is 0.0794. The summed E-state index contributed by atoms with van der Waals surface area (Å²) >= 11 is 0. The van der Waals surface area contributed by atoms with Crippen LogP contribution in [0.25, 0.3) is 0 Å². The average Bonchev–Trinajstić information content (AvgIpc) is 2.87. The molecule has 2 atom stereocenters. The van der Waals surface area contributed by atoms with Crippen molar-refractivity contribution >= 4 is 11.9 Å². The van der Waals surface area contributed by atoms with Gasteiger partial charge in [0.2, 0.25) is 0 Å². The van der Waals surface area contributed by atoms with E-state index in [9.17, 15) is 9.59 Å². The number of rotatable bonds is 3. The van der Waals surface area contributed by atoms with E-state index in [1.54, 1.807) is 24.3 Å². The average molecular weight is 258 g/mol. The topological polar surface area (TPSA) is 90.2 Å². The lowest BCUT2D eigenvalue weighted by Gasteiger charge is -2.12. The van der Waals surface area contributed by atoms with Gasteiger partial charge in [-0.25, -0.2) is 0 Å². The smallest absolute Gasteiger partial charge is 0.306 e. The van der Waals surface area contributed by atoms with Gasteiger partial charge in [0.1, 0.15) is 0 Å². The van der Waals surface area contributed by atoms with Gasteiger partial charge in [0.15, 0.2) is 0 Å². The fraction of sp³-hybridized carbons (Fsp3) is 0.357. The van der Waals surface area contributed by atoms with Gasteiger partial charge in [0, 0.05) is 11.6 Å². The zero-order valence-electron chi connectivity index (χ0n) is 10.3. The lowest BCUT2D eigenvalue weighted by Crippen LogP contribution is -2.33. The van der Waals surface area contributed by atoms with Crippen LogP contribution in [0.1, 0.15) is 35.2 Å². The van der Waals surface area contributed by atoms with Crippen LogP contribution in [0.2, 0.25) is 0 Å². The van der Waals surface area contributed by atoms with Crippen LogP contribution in [0, 0.1) is 17.2 Å². The maximum atomic E-state index is 11.9. The van der Waals surface area contributed by atoms with Crippen molar-refractivity contribution in [3.63, 3.8) is 0 Å². The summed E-state index contributed by atoms with van der Waals surface area (Å²) in [6.45, 7) is 0. The maximum absolute atomic E-state index is 11.9. The molecule has 1 aliphatic carbocycles. The Labute approximate surface area is 110 Å². The standard InChI is InChI=1S/C14H14N2O3/c15-8-9-1-3-10(4-2-9)13(17)16-12-6-5-11(7-12)14(18)19/h1-4,11-12H,5-7H2,(H,16,17)(H,18,19)/t11-,12+/m1/s1. The second kappa shape index (κ2) is 5.53. The van der Waals surface area contributed by atoms with Crippen molar-refractivity contribution in [2.45, 2.75) is 25.3 Å². The Balaban J connectivity index is 1.94. The molecule has 0 saturated heterocycles. The van der Waals surface area contributed by atoms with Crippen molar-refractivity contribution in [3.8, 4) is 6.07 Å².